The summed E-state index contributed by atoms with van der Waals surface area (Å²) in [5, 5.41) is -0.247. The largest absolute Gasteiger partial charge is 0.417 e. The van der Waals surface area contributed by atoms with Gasteiger partial charge in [-0.2, -0.15) is 13.2 Å². The predicted molar refractivity (Wildman–Crippen MR) is 101 cm³/mol. The fraction of sp³-hybridized carbons (Fsp3) is 0.0556. The number of rotatable bonds is 4. The summed E-state index contributed by atoms with van der Waals surface area (Å²) >= 11 is 12.0. The van der Waals surface area contributed by atoms with Crippen molar-refractivity contribution < 1.29 is 21.6 Å². The van der Waals surface area contributed by atoms with Gasteiger partial charge in [0.2, 0.25) is 0 Å². The van der Waals surface area contributed by atoms with E-state index in [9.17, 15) is 21.6 Å². The van der Waals surface area contributed by atoms with E-state index < -0.39 is 26.8 Å². The third-order valence-corrected chi connectivity index (χ3v) is 5.91. The summed E-state index contributed by atoms with van der Waals surface area (Å²) in [5.41, 5.74) is -1.02. The predicted octanol–water partition coefficient (Wildman–Crippen LogP) is 5.93. The number of anilines is 2. The molecule has 0 spiro atoms. The molecule has 0 aliphatic rings. The van der Waals surface area contributed by atoms with Crippen LogP contribution in [-0.4, -0.2) is 13.4 Å². The molecule has 0 atom stereocenters. The molecular formula is C18H11Cl2F3N2O2S. The summed E-state index contributed by atoms with van der Waals surface area (Å²) in [6, 6.07) is 13.8. The van der Waals surface area contributed by atoms with Crippen molar-refractivity contribution in [2.24, 2.45) is 0 Å². The van der Waals surface area contributed by atoms with Crippen molar-refractivity contribution in [3.8, 4) is 0 Å². The summed E-state index contributed by atoms with van der Waals surface area (Å²) < 4.78 is 66.0. The Hall–Kier alpha value is -2.29. The number of sulfonamides is 1. The first kappa shape index (κ1) is 20.4. The number of pyridine rings is 1. The first-order valence-corrected chi connectivity index (χ1v) is 9.89. The summed E-state index contributed by atoms with van der Waals surface area (Å²) in [5.74, 6) is -0.374. The van der Waals surface area contributed by atoms with Gasteiger partial charge in [0.25, 0.3) is 10.0 Å². The molecule has 0 amide bonds. The first-order valence-electron chi connectivity index (χ1n) is 7.69. The van der Waals surface area contributed by atoms with Gasteiger partial charge in [-0.15, -0.1) is 0 Å². The molecule has 10 heteroatoms. The van der Waals surface area contributed by atoms with Crippen molar-refractivity contribution in [2.75, 3.05) is 4.31 Å². The molecule has 146 valence electrons. The van der Waals surface area contributed by atoms with Gasteiger partial charge in [0.05, 0.1) is 21.2 Å². The van der Waals surface area contributed by atoms with Crippen molar-refractivity contribution in [1.82, 2.24) is 4.98 Å². The molecule has 0 fully saturated rings. The average molecular weight is 447 g/mol. The van der Waals surface area contributed by atoms with Crippen LogP contribution in [0.1, 0.15) is 5.56 Å². The zero-order valence-corrected chi connectivity index (χ0v) is 16.2. The average Bonchev–Trinajstić information content (AvgIpc) is 2.63. The minimum atomic E-state index is -4.67. The van der Waals surface area contributed by atoms with Crippen LogP contribution in [0.3, 0.4) is 0 Å². The van der Waals surface area contributed by atoms with E-state index in [1.807, 2.05) is 0 Å². The lowest BCUT2D eigenvalue weighted by molar-refractivity contribution is -0.137. The lowest BCUT2D eigenvalue weighted by Crippen LogP contribution is -2.27. The third kappa shape index (κ3) is 4.09. The van der Waals surface area contributed by atoms with Gasteiger partial charge >= 0.3 is 6.18 Å². The maximum Gasteiger partial charge on any atom is 0.417 e. The highest BCUT2D eigenvalue weighted by molar-refractivity contribution is 7.93. The smallest absolute Gasteiger partial charge is 0.236 e. The highest BCUT2D eigenvalue weighted by Gasteiger charge is 2.34. The number of alkyl halides is 3. The minimum Gasteiger partial charge on any atom is -0.236 e. The number of nitrogens with zero attached hydrogens (tertiary/aromatic N) is 2. The Morgan fingerprint density at radius 2 is 1.61 bits per heavy atom. The molecule has 3 aromatic rings. The van der Waals surface area contributed by atoms with E-state index in [-0.39, 0.29) is 21.4 Å². The van der Waals surface area contributed by atoms with Gasteiger partial charge in [0.15, 0.2) is 5.82 Å². The van der Waals surface area contributed by atoms with Crippen LogP contribution in [-0.2, 0) is 16.2 Å². The Balaban J connectivity index is 2.24. The van der Waals surface area contributed by atoms with Crippen LogP contribution in [0, 0.1) is 0 Å². The van der Waals surface area contributed by atoms with Crippen LogP contribution in [0.2, 0.25) is 10.0 Å². The number of halogens is 5. The van der Waals surface area contributed by atoms with Gasteiger partial charge in [0.1, 0.15) is 0 Å². The second kappa shape index (κ2) is 7.62. The van der Waals surface area contributed by atoms with Gasteiger partial charge in [0, 0.05) is 11.2 Å². The molecule has 2 aromatic carbocycles. The Morgan fingerprint density at radius 3 is 2.18 bits per heavy atom. The summed E-state index contributed by atoms with van der Waals surface area (Å²) in [4.78, 5) is 3.60. The minimum absolute atomic E-state index is 0.0745. The lowest BCUT2D eigenvalue weighted by Gasteiger charge is -2.25. The molecule has 0 saturated heterocycles. The van der Waals surface area contributed by atoms with Crippen LogP contribution in [0.5, 0.6) is 0 Å². The van der Waals surface area contributed by atoms with Crippen molar-refractivity contribution in [3.63, 3.8) is 0 Å². The van der Waals surface area contributed by atoms with Crippen LogP contribution in [0.25, 0.3) is 0 Å². The second-order valence-electron chi connectivity index (χ2n) is 5.59. The van der Waals surface area contributed by atoms with E-state index in [0.717, 1.165) is 4.31 Å². The summed E-state index contributed by atoms with van der Waals surface area (Å²) in [6.07, 6.45) is -4.15. The van der Waals surface area contributed by atoms with Crippen molar-refractivity contribution in [1.29, 1.82) is 0 Å². The van der Waals surface area contributed by atoms with E-state index in [1.165, 1.54) is 48.5 Å². The van der Waals surface area contributed by atoms with Gasteiger partial charge in [-0.3, -0.25) is 0 Å². The normalized spacial score (nSPS) is 12.0. The van der Waals surface area contributed by atoms with Crippen molar-refractivity contribution in [2.45, 2.75) is 11.1 Å². The van der Waals surface area contributed by atoms with Crippen molar-refractivity contribution in [3.05, 3.63) is 82.5 Å². The van der Waals surface area contributed by atoms with Crippen LogP contribution >= 0.6 is 23.2 Å². The van der Waals surface area contributed by atoms with Gasteiger partial charge in [-0.1, -0.05) is 47.5 Å². The maximum absolute atomic E-state index is 13.2. The molecule has 28 heavy (non-hydrogen) atoms. The topological polar surface area (TPSA) is 50.3 Å². The zero-order chi connectivity index (χ0) is 20.5. The zero-order valence-electron chi connectivity index (χ0n) is 13.9. The molecule has 1 heterocycles. The molecule has 4 nitrogen and oxygen atoms in total. The van der Waals surface area contributed by atoms with Crippen LogP contribution in [0.4, 0.5) is 24.7 Å². The van der Waals surface area contributed by atoms with Crippen molar-refractivity contribution >= 4 is 44.7 Å². The summed E-state index contributed by atoms with van der Waals surface area (Å²) in [7, 11) is -4.25. The van der Waals surface area contributed by atoms with E-state index in [4.69, 9.17) is 23.2 Å². The van der Waals surface area contributed by atoms with E-state index >= 15 is 0 Å². The lowest BCUT2D eigenvalue weighted by atomic mass is 10.2. The van der Waals surface area contributed by atoms with E-state index in [1.54, 1.807) is 6.07 Å². The molecule has 0 unspecified atom stereocenters. The van der Waals surface area contributed by atoms with Gasteiger partial charge in [-0.05, 0) is 36.4 Å². The fourth-order valence-corrected chi connectivity index (χ4v) is 4.37. The Kier molecular flexibility index (Phi) is 5.56. The van der Waals surface area contributed by atoms with E-state index in [0.29, 0.717) is 12.3 Å². The Morgan fingerprint density at radius 1 is 0.929 bits per heavy atom. The quantitative estimate of drug-likeness (QED) is 0.498. The second-order valence-corrected chi connectivity index (χ2v) is 8.22. The summed E-state index contributed by atoms with van der Waals surface area (Å²) in [6.45, 7) is 0. The number of aromatic nitrogens is 1. The Bertz CT molecular complexity index is 1110. The molecule has 0 aliphatic carbocycles. The van der Waals surface area contributed by atoms with Gasteiger partial charge in [-0.25, -0.2) is 17.7 Å². The number of hydrogen-bond donors (Lipinski definition) is 0. The van der Waals surface area contributed by atoms with Gasteiger partial charge < -0.3 is 0 Å². The maximum atomic E-state index is 13.2. The molecule has 0 saturated carbocycles. The molecular weight excluding hydrogens is 436 g/mol. The number of benzene rings is 2. The standard InChI is InChI=1S/C18H11Cl2F3N2O2S/c19-13-5-4-6-14(10-13)25(28(26,27)15-7-2-1-3-8-15)17-16(20)9-12(11-24-17)18(21,22)23/h1-11H. The molecule has 0 aliphatic heterocycles. The SMILES string of the molecule is O=S(=O)(c1ccccc1)N(c1cccc(Cl)c1)c1ncc(C(F)(F)F)cc1Cl. The molecule has 3 rings (SSSR count). The number of hydrogen-bond acceptors (Lipinski definition) is 3. The Labute approximate surface area is 169 Å². The molecule has 1 aromatic heterocycles. The molecule has 0 N–H and O–H groups in total. The van der Waals surface area contributed by atoms with Crippen LogP contribution in [0.15, 0.2) is 71.8 Å². The third-order valence-electron chi connectivity index (χ3n) is 3.67. The highest BCUT2D eigenvalue weighted by Crippen LogP contribution is 2.39. The molecule has 0 radical (unpaired) electrons. The first-order chi connectivity index (χ1) is 13.1. The molecule has 0 bridgehead atoms. The van der Waals surface area contributed by atoms with E-state index in [2.05, 4.69) is 4.98 Å². The fourth-order valence-electron chi connectivity index (χ4n) is 2.41. The highest BCUT2D eigenvalue weighted by atomic mass is 35.5. The monoisotopic (exact) mass is 446 g/mol. The van der Waals surface area contributed by atoms with Crippen LogP contribution < -0.4 is 4.31 Å².